The summed E-state index contributed by atoms with van der Waals surface area (Å²) in [4.78, 5) is 45.2. The average Bonchev–Trinajstić information content (AvgIpc) is 2.43. The molecule has 0 amide bonds. The standard InChI is InChI=1S/C14H18O10Se/c1-5(15)20-9-10(21-6(2)16)12(14(25)23-8(4)18)24-13(19)11(9)22-7(3)17/h9-13,19H,1-4H3/t9-,10+,11+,12-,13+/m0/s1. The van der Waals surface area contributed by atoms with Gasteiger partial charge in [-0.15, -0.1) is 0 Å². The van der Waals surface area contributed by atoms with Crippen LogP contribution >= 0.6 is 0 Å². The average molecular weight is 425 g/mol. The molecule has 1 N–H and O–H groups in total. The van der Waals surface area contributed by atoms with Gasteiger partial charge in [0.1, 0.15) is 0 Å². The monoisotopic (exact) mass is 426 g/mol. The molecule has 0 saturated carbocycles. The second-order valence-electron chi connectivity index (χ2n) is 5.08. The molecular weight excluding hydrogens is 407 g/mol. The van der Waals surface area contributed by atoms with Crippen molar-refractivity contribution in [3.63, 3.8) is 0 Å². The van der Waals surface area contributed by atoms with Gasteiger partial charge in [-0.05, 0) is 0 Å². The Labute approximate surface area is 151 Å². The van der Waals surface area contributed by atoms with E-state index in [9.17, 15) is 24.3 Å². The van der Waals surface area contributed by atoms with Gasteiger partial charge in [0.2, 0.25) is 0 Å². The molecule has 0 aromatic rings. The molecule has 1 heterocycles. The molecular formula is C14H18O10Se. The summed E-state index contributed by atoms with van der Waals surface area (Å²) < 4.78 is 25.1. The van der Waals surface area contributed by atoms with E-state index in [4.69, 9.17) is 23.7 Å². The zero-order chi connectivity index (χ0) is 19.3. The zero-order valence-corrected chi connectivity index (χ0v) is 15.6. The van der Waals surface area contributed by atoms with E-state index < -0.39 is 54.6 Å². The molecule has 5 atom stereocenters. The molecule has 1 fully saturated rings. The van der Waals surface area contributed by atoms with Crippen LogP contribution in [-0.2, 0) is 42.9 Å². The van der Waals surface area contributed by atoms with Gasteiger partial charge in [-0.25, -0.2) is 0 Å². The molecule has 140 valence electrons. The molecule has 25 heavy (non-hydrogen) atoms. The van der Waals surface area contributed by atoms with E-state index in [0.717, 1.165) is 27.7 Å². The Morgan fingerprint density at radius 1 is 0.800 bits per heavy atom. The number of carbonyl (C=O) groups excluding carboxylic acids is 4. The molecule has 0 unspecified atom stereocenters. The van der Waals surface area contributed by atoms with Gasteiger partial charge in [0, 0.05) is 0 Å². The summed E-state index contributed by atoms with van der Waals surface area (Å²) in [5, 5.41) is 10.1. The second kappa shape index (κ2) is 9.04. The minimum atomic E-state index is -1.73. The normalized spacial score (nSPS) is 28.4. The first-order valence-electron chi connectivity index (χ1n) is 7.10. The Hall–Kier alpha value is -1.81. The number of rotatable bonds is 5. The van der Waals surface area contributed by atoms with E-state index in [1.165, 1.54) is 0 Å². The third-order valence-electron chi connectivity index (χ3n) is 2.90. The molecule has 0 radical (unpaired) electrons. The van der Waals surface area contributed by atoms with Crippen molar-refractivity contribution in [2.45, 2.75) is 58.4 Å². The quantitative estimate of drug-likeness (QED) is 0.310. The number of aliphatic hydroxyl groups excluding tert-OH is 1. The summed E-state index contributed by atoms with van der Waals surface area (Å²) in [5.74, 6) is -3.01. The number of esters is 4. The number of aliphatic hydroxyl groups is 1. The van der Waals surface area contributed by atoms with Gasteiger partial charge >= 0.3 is 150 Å². The molecule has 0 aliphatic carbocycles. The van der Waals surface area contributed by atoms with Crippen molar-refractivity contribution in [3.8, 4) is 0 Å². The summed E-state index contributed by atoms with van der Waals surface area (Å²) in [6, 6.07) is 0. The third-order valence-corrected chi connectivity index (χ3v) is 3.56. The van der Waals surface area contributed by atoms with E-state index in [1.807, 2.05) is 0 Å². The van der Waals surface area contributed by atoms with Crippen LogP contribution in [0.5, 0.6) is 0 Å². The van der Waals surface area contributed by atoms with Gasteiger partial charge in [-0.3, -0.25) is 0 Å². The first-order valence-corrected chi connectivity index (χ1v) is 7.96. The van der Waals surface area contributed by atoms with Gasteiger partial charge in [0.25, 0.3) is 0 Å². The molecule has 0 aromatic heterocycles. The Kier molecular flexibility index (Phi) is 7.68. The molecule has 0 bridgehead atoms. The van der Waals surface area contributed by atoms with Crippen LogP contribution in [0.15, 0.2) is 0 Å². The van der Waals surface area contributed by atoms with Crippen LogP contribution in [0, 0.1) is 0 Å². The Bertz CT molecular complexity index is 574. The third kappa shape index (κ3) is 6.20. The van der Waals surface area contributed by atoms with Crippen molar-refractivity contribution >= 4 is 44.1 Å². The molecule has 0 spiro atoms. The SMILES string of the molecule is CC(=O)OC(=[Se])[C@H]1O[C@@H](O)[C@H](OC(C)=O)[C@@H](OC(C)=O)[C@H]1OC(C)=O. The number of hydrogen-bond donors (Lipinski definition) is 1. The van der Waals surface area contributed by atoms with Crippen molar-refractivity contribution in [3.05, 3.63) is 0 Å². The number of carbonyl (C=O) groups is 4. The van der Waals surface area contributed by atoms with Crippen molar-refractivity contribution in [2.24, 2.45) is 0 Å². The second-order valence-corrected chi connectivity index (χ2v) is 5.93. The number of hydrogen-bond acceptors (Lipinski definition) is 10. The Morgan fingerprint density at radius 3 is 1.68 bits per heavy atom. The van der Waals surface area contributed by atoms with Gasteiger partial charge in [-0.1, -0.05) is 0 Å². The topological polar surface area (TPSA) is 135 Å². The fourth-order valence-corrected chi connectivity index (χ4v) is 2.82. The van der Waals surface area contributed by atoms with Crippen molar-refractivity contribution in [1.82, 2.24) is 0 Å². The summed E-state index contributed by atoms with van der Waals surface area (Å²) in [7, 11) is 0. The Morgan fingerprint density at radius 2 is 1.24 bits per heavy atom. The summed E-state index contributed by atoms with van der Waals surface area (Å²) in [6.45, 7) is 4.39. The minimum absolute atomic E-state index is 0.156. The summed E-state index contributed by atoms with van der Waals surface area (Å²) in [6.07, 6.45) is -7.21. The predicted molar refractivity (Wildman–Crippen MR) is 80.1 cm³/mol. The predicted octanol–water partition coefficient (Wildman–Crippen LogP) is -1.64. The number of ether oxygens (including phenoxy) is 5. The van der Waals surface area contributed by atoms with Gasteiger partial charge < -0.3 is 0 Å². The molecule has 0 aromatic carbocycles. The maximum absolute atomic E-state index is 11.4. The van der Waals surface area contributed by atoms with Gasteiger partial charge in [0.15, 0.2) is 0 Å². The first-order chi connectivity index (χ1) is 11.5. The van der Waals surface area contributed by atoms with Crippen molar-refractivity contribution in [2.75, 3.05) is 0 Å². The molecule has 10 nitrogen and oxygen atoms in total. The van der Waals surface area contributed by atoms with E-state index in [2.05, 4.69) is 15.6 Å². The fraction of sp³-hybridized carbons (Fsp3) is 0.643. The van der Waals surface area contributed by atoms with Crippen molar-refractivity contribution in [1.29, 1.82) is 0 Å². The summed E-state index contributed by atoms with van der Waals surface area (Å²) >= 11 is 2.43. The molecule has 1 aliphatic heterocycles. The zero-order valence-electron chi connectivity index (χ0n) is 13.9. The van der Waals surface area contributed by atoms with Crippen LogP contribution in [0.4, 0.5) is 0 Å². The van der Waals surface area contributed by atoms with Crippen LogP contribution in [-0.4, -0.2) is 79.9 Å². The molecule has 1 saturated heterocycles. The molecule has 1 rings (SSSR count). The van der Waals surface area contributed by atoms with Crippen LogP contribution in [0.1, 0.15) is 27.7 Å². The summed E-state index contributed by atoms with van der Waals surface area (Å²) in [5.41, 5.74) is 0. The first kappa shape index (κ1) is 21.2. The maximum atomic E-state index is 11.4. The molecule has 11 heteroatoms. The van der Waals surface area contributed by atoms with Crippen LogP contribution in [0.3, 0.4) is 0 Å². The molecule has 1 aliphatic rings. The van der Waals surface area contributed by atoms with E-state index in [1.54, 1.807) is 0 Å². The van der Waals surface area contributed by atoms with Gasteiger partial charge in [-0.2, -0.15) is 0 Å². The fourth-order valence-electron chi connectivity index (χ4n) is 2.18. The van der Waals surface area contributed by atoms with Crippen molar-refractivity contribution < 1.29 is 48.0 Å². The van der Waals surface area contributed by atoms with Crippen LogP contribution < -0.4 is 0 Å². The van der Waals surface area contributed by atoms with E-state index in [0.29, 0.717) is 0 Å². The van der Waals surface area contributed by atoms with E-state index in [-0.39, 0.29) is 4.60 Å². The van der Waals surface area contributed by atoms with Crippen LogP contribution in [0.2, 0.25) is 0 Å². The van der Waals surface area contributed by atoms with E-state index >= 15 is 0 Å². The van der Waals surface area contributed by atoms with Gasteiger partial charge in [0.05, 0.1) is 0 Å². The van der Waals surface area contributed by atoms with Crippen LogP contribution in [0.25, 0.3) is 0 Å². The Balaban J connectivity index is 3.24.